The van der Waals surface area contributed by atoms with Gasteiger partial charge >= 0.3 is 0 Å². The van der Waals surface area contributed by atoms with Crippen LogP contribution in [0, 0.1) is 0 Å². The number of phenols is 1. The summed E-state index contributed by atoms with van der Waals surface area (Å²) >= 11 is -2.57. The van der Waals surface area contributed by atoms with E-state index in [0.29, 0.717) is 16.3 Å². The summed E-state index contributed by atoms with van der Waals surface area (Å²) < 4.78 is 24.3. The highest BCUT2D eigenvalue weighted by molar-refractivity contribution is 7.80. The Morgan fingerprint density at radius 2 is 1.75 bits per heavy atom. The first-order chi connectivity index (χ1) is 11.6. The van der Waals surface area contributed by atoms with E-state index in [9.17, 15) is 18.7 Å². The zero-order valence-corrected chi connectivity index (χ0v) is 13.2. The van der Waals surface area contributed by atoms with Gasteiger partial charge in [0.25, 0.3) is 5.91 Å². The Bertz CT molecular complexity index is 929. The molecule has 0 aliphatic rings. The molecular formula is C17H13N2O4S-. The molecule has 0 radical (unpaired) electrons. The molecule has 1 amide bonds. The molecule has 3 N–H and O–H groups in total. The molecule has 0 aliphatic carbocycles. The number of hydrogen-bond donors (Lipinski definition) is 3. The minimum Gasteiger partial charge on any atom is -0.755 e. The van der Waals surface area contributed by atoms with Crippen molar-refractivity contribution < 1.29 is 18.7 Å². The molecule has 6 nitrogen and oxygen atoms in total. The monoisotopic (exact) mass is 341 g/mol. The lowest BCUT2D eigenvalue weighted by Crippen LogP contribution is -2.14. The summed E-state index contributed by atoms with van der Waals surface area (Å²) in [6, 6.07) is 16.6. The number of aromatic hydroxyl groups is 1. The number of fused-ring (bicyclic) bond motifs is 1. The molecular weight excluding hydrogens is 328 g/mol. The van der Waals surface area contributed by atoms with Crippen LogP contribution in [-0.2, 0) is 11.3 Å². The smallest absolute Gasteiger partial charge is 0.255 e. The fourth-order valence-electron chi connectivity index (χ4n) is 2.44. The number of benzene rings is 3. The minimum atomic E-state index is -2.57. The number of amides is 1. The largest absolute Gasteiger partial charge is 0.755 e. The van der Waals surface area contributed by atoms with Gasteiger partial charge in [0, 0.05) is 22.2 Å². The molecule has 122 valence electrons. The molecule has 1 atom stereocenters. The van der Waals surface area contributed by atoms with E-state index in [1.54, 1.807) is 48.5 Å². The topological polar surface area (TPSA) is 101 Å². The summed E-state index contributed by atoms with van der Waals surface area (Å²) in [5, 5.41) is 13.9. The van der Waals surface area contributed by atoms with Crippen LogP contribution in [-0.4, -0.2) is 19.8 Å². The number of phenolic OH excluding ortho intramolecular Hbond substituents is 1. The molecule has 3 aromatic rings. The van der Waals surface area contributed by atoms with Crippen LogP contribution in [0.4, 0.5) is 11.4 Å². The van der Waals surface area contributed by atoms with Crippen LogP contribution in [0.3, 0.4) is 0 Å². The van der Waals surface area contributed by atoms with E-state index in [0.717, 1.165) is 0 Å². The van der Waals surface area contributed by atoms with E-state index in [4.69, 9.17) is 0 Å². The Morgan fingerprint density at radius 1 is 1.00 bits per heavy atom. The van der Waals surface area contributed by atoms with E-state index < -0.39 is 17.2 Å². The van der Waals surface area contributed by atoms with Crippen molar-refractivity contribution in [3.05, 3.63) is 66.2 Å². The molecule has 0 bridgehead atoms. The molecule has 3 aromatic carbocycles. The van der Waals surface area contributed by atoms with Crippen molar-refractivity contribution >= 4 is 39.3 Å². The second-order valence-electron chi connectivity index (χ2n) is 5.02. The Hall–Kier alpha value is -2.90. The molecule has 7 heteroatoms. The Labute approximate surface area is 140 Å². The lowest BCUT2D eigenvalue weighted by atomic mass is 10.1. The molecule has 0 fully saturated rings. The molecule has 0 saturated carbocycles. The second-order valence-corrected chi connectivity index (χ2v) is 5.69. The maximum atomic E-state index is 12.4. The molecule has 0 saturated heterocycles. The Morgan fingerprint density at radius 3 is 2.46 bits per heavy atom. The highest BCUT2D eigenvalue weighted by Gasteiger charge is 2.15. The first-order valence-electron chi connectivity index (χ1n) is 7.03. The van der Waals surface area contributed by atoms with Gasteiger partial charge < -0.3 is 19.7 Å². The maximum absolute atomic E-state index is 12.4. The lowest BCUT2D eigenvalue weighted by molar-refractivity contribution is 0.102. The number of anilines is 2. The van der Waals surface area contributed by atoms with Crippen LogP contribution in [0.5, 0.6) is 5.75 Å². The average Bonchev–Trinajstić information content (AvgIpc) is 2.57. The maximum Gasteiger partial charge on any atom is 0.255 e. The highest BCUT2D eigenvalue weighted by atomic mass is 32.2. The summed E-state index contributed by atoms with van der Waals surface area (Å²) in [7, 11) is 0. The summed E-state index contributed by atoms with van der Waals surface area (Å²) in [4.78, 5) is 12.4. The van der Waals surface area contributed by atoms with Gasteiger partial charge in [-0.15, -0.1) is 0 Å². The SMILES string of the molecule is O=C(Nc1c(NS(=O)[O-])ccc2cccc(O)c12)c1ccccc1. The number of hydrogen-bond acceptors (Lipinski definition) is 4. The second kappa shape index (κ2) is 6.69. The first-order valence-corrected chi connectivity index (χ1v) is 8.11. The van der Waals surface area contributed by atoms with Crippen LogP contribution >= 0.6 is 0 Å². The van der Waals surface area contributed by atoms with Crippen molar-refractivity contribution in [2.75, 3.05) is 10.0 Å². The van der Waals surface area contributed by atoms with Gasteiger partial charge in [-0.25, -0.2) is 0 Å². The number of rotatable bonds is 4. The number of nitrogens with one attached hydrogen (secondary N) is 2. The predicted molar refractivity (Wildman–Crippen MR) is 92.6 cm³/mol. The van der Waals surface area contributed by atoms with Crippen LogP contribution in [0.2, 0.25) is 0 Å². The van der Waals surface area contributed by atoms with Crippen LogP contribution < -0.4 is 10.0 Å². The van der Waals surface area contributed by atoms with Gasteiger partial charge in [-0.2, -0.15) is 0 Å². The zero-order valence-electron chi connectivity index (χ0n) is 12.4. The molecule has 0 aromatic heterocycles. The number of carbonyl (C=O) groups is 1. The van der Waals surface area contributed by atoms with Crippen molar-refractivity contribution in [1.29, 1.82) is 0 Å². The third kappa shape index (κ3) is 3.22. The Balaban J connectivity index is 2.12. The molecule has 3 rings (SSSR count). The summed E-state index contributed by atoms with van der Waals surface area (Å²) in [5.41, 5.74) is 0.782. The average molecular weight is 341 g/mol. The van der Waals surface area contributed by atoms with Gasteiger partial charge in [0.05, 0.1) is 11.4 Å². The summed E-state index contributed by atoms with van der Waals surface area (Å²) in [6.45, 7) is 0. The van der Waals surface area contributed by atoms with E-state index in [1.165, 1.54) is 12.1 Å². The fourth-order valence-corrected chi connectivity index (χ4v) is 2.79. The van der Waals surface area contributed by atoms with Gasteiger partial charge in [-0.05, 0) is 29.7 Å². The van der Waals surface area contributed by atoms with Gasteiger partial charge in [0.1, 0.15) is 5.75 Å². The fraction of sp³-hybridized carbons (Fsp3) is 0. The highest BCUT2D eigenvalue weighted by Crippen LogP contribution is 2.37. The van der Waals surface area contributed by atoms with E-state index >= 15 is 0 Å². The first kappa shape index (κ1) is 16.0. The van der Waals surface area contributed by atoms with E-state index in [-0.39, 0.29) is 17.1 Å². The van der Waals surface area contributed by atoms with Crippen LogP contribution in [0.25, 0.3) is 10.8 Å². The zero-order chi connectivity index (χ0) is 17.1. The quantitative estimate of drug-likeness (QED) is 0.635. The van der Waals surface area contributed by atoms with E-state index in [1.807, 2.05) is 0 Å². The summed E-state index contributed by atoms with van der Waals surface area (Å²) in [5.74, 6) is -0.470. The standard InChI is InChI=1S/C17H14N2O4S/c20-14-8-4-7-11-9-10-13(19-24(22)23)16(15(11)14)18-17(21)12-5-2-1-3-6-12/h1-10,19-20H,(H,18,21)(H,22,23)/p-1. The normalized spacial score (nSPS) is 11.9. The third-order valence-corrected chi connectivity index (χ3v) is 3.88. The van der Waals surface area contributed by atoms with Crippen molar-refractivity contribution in [2.24, 2.45) is 0 Å². The van der Waals surface area contributed by atoms with Gasteiger partial charge in [-0.3, -0.25) is 9.00 Å². The van der Waals surface area contributed by atoms with E-state index in [2.05, 4.69) is 10.0 Å². The molecule has 0 heterocycles. The number of carbonyl (C=O) groups excluding carboxylic acids is 1. The summed E-state index contributed by atoms with van der Waals surface area (Å²) in [6.07, 6.45) is 0. The molecule has 24 heavy (non-hydrogen) atoms. The van der Waals surface area contributed by atoms with Gasteiger partial charge in [0.2, 0.25) is 0 Å². The van der Waals surface area contributed by atoms with Crippen LogP contribution in [0.1, 0.15) is 10.4 Å². The lowest BCUT2D eigenvalue weighted by Gasteiger charge is -2.17. The third-order valence-electron chi connectivity index (χ3n) is 3.49. The molecule has 0 spiro atoms. The van der Waals surface area contributed by atoms with Crippen molar-refractivity contribution in [3.63, 3.8) is 0 Å². The Kier molecular flexibility index (Phi) is 4.45. The van der Waals surface area contributed by atoms with Gasteiger partial charge in [-0.1, -0.05) is 36.4 Å². The van der Waals surface area contributed by atoms with Crippen molar-refractivity contribution in [3.8, 4) is 5.75 Å². The van der Waals surface area contributed by atoms with Crippen LogP contribution in [0.15, 0.2) is 60.7 Å². The van der Waals surface area contributed by atoms with Crippen molar-refractivity contribution in [2.45, 2.75) is 0 Å². The van der Waals surface area contributed by atoms with Gasteiger partial charge in [0.15, 0.2) is 0 Å². The minimum absolute atomic E-state index is 0.0591. The molecule has 0 aliphatic heterocycles. The van der Waals surface area contributed by atoms with Crippen molar-refractivity contribution in [1.82, 2.24) is 0 Å². The molecule has 1 unspecified atom stereocenters. The predicted octanol–water partition coefficient (Wildman–Crippen LogP) is 3.00.